The second kappa shape index (κ2) is 7.78. The summed E-state index contributed by atoms with van der Waals surface area (Å²) in [6.07, 6.45) is 0.595. The maximum absolute atomic E-state index is 13.4. The maximum atomic E-state index is 13.4. The first-order chi connectivity index (χ1) is 17.0. The molecule has 36 heavy (non-hydrogen) atoms. The molecule has 1 unspecified atom stereocenters. The van der Waals surface area contributed by atoms with E-state index in [0.717, 1.165) is 27.8 Å². The quantitative estimate of drug-likeness (QED) is 0.305. The average molecular weight is 539 g/mol. The summed E-state index contributed by atoms with van der Waals surface area (Å²) >= 11 is 12.3. The molecule has 4 aromatic carbocycles. The van der Waals surface area contributed by atoms with Crippen molar-refractivity contribution in [3.8, 4) is 5.75 Å². The third-order valence-electron chi connectivity index (χ3n) is 7.66. The zero-order valence-electron chi connectivity index (χ0n) is 20.0. The van der Waals surface area contributed by atoms with Crippen molar-refractivity contribution >= 4 is 55.4 Å². The lowest BCUT2D eigenvalue weighted by atomic mass is 9.76. The van der Waals surface area contributed by atoms with E-state index in [1.807, 2.05) is 36.4 Å². The Kier molecular flexibility index (Phi) is 5.07. The van der Waals surface area contributed by atoms with Crippen LogP contribution in [-0.4, -0.2) is 21.2 Å². The van der Waals surface area contributed by atoms with Crippen molar-refractivity contribution in [2.45, 2.75) is 36.3 Å². The zero-order valence-corrected chi connectivity index (χ0v) is 22.3. The first-order valence-corrected chi connectivity index (χ1v) is 13.8. The van der Waals surface area contributed by atoms with Crippen molar-refractivity contribution in [1.82, 2.24) is 0 Å². The molecule has 0 amide bonds. The molecule has 2 aliphatic heterocycles. The van der Waals surface area contributed by atoms with Crippen LogP contribution in [0.1, 0.15) is 25.0 Å². The van der Waals surface area contributed by atoms with Gasteiger partial charge in [-0.25, -0.2) is 8.42 Å². The van der Waals surface area contributed by atoms with Crippen LogP contribution in [-0.2, 0) is 21.9 Å². The first kappa shape index (κ1) is 23.5. The van der Waals surface area contributed by atoms with Crippen LogP contribution in [0.5, 0.6) is 5.75 Å². The van der Waals surface area contributed by atoms with Gasteiger partial charge in [-0.15, -0.1) is 0 Å². The number of anilines is 2. The lowest BCUT2D eigenvalue weighted by Gasteiger charge is -2.42. The Bertz CT molecular complexity index is 1670. The highest BCUT2D eigenvalue weighted by Gasteiger charge is 2.60. The molecule has 0 aromatic heterocycles. The smallest absolute Gasteiger partial charge is 0.263 e. The van der Waals surface area contributed by atoms with Crippen molar-refractivity contribution in [3.05, 3.63) is 94.0 Å². The zero-order chi connectivity index (χ0) is 25.5. The predicted molar refractivity (Wildman–Crippen MR) is 146 cm³/mol. The molecule has 0 saturated carbocycles. The van der Waals surface area contributed by atoms with E-state index in [1.54, 1.807) is 6.07 Å². The van der Waals surface area contributed by atoms with Crippen LogP contribution in [0.25, 0.3) is 10.8 Å². The first-order valence-electron chi connectivity index (χ1n) is 11.6. The van der Waals surface area contributed by atoms with Gasteiger partial charge in [0, 0.05) is 40.5 Å². The van der Waals surface area contributed by atoms with Crippen LogP contribution in [0.3, 0.4) is 0 Å². The number of hydrogen-bond donors (Lipinski definition) is 1. The number of para-hydroxylation sites is 1. The highest BCUT2D eigenvalue weighted by atomic mass is 35.5. The second-order valence-electron chi connectivity index (χ2n) is 9.90. The number of ether oxygens (including phenoxy) is 1. The minimum Gasteiger partial charge on any atom is -0.466 e. The topological polar surface area (TPSA) is 58.6 Å². The molecule has 2 heterocycles. The molecule has 5 nitrogen and oxygen atoms in total. The molecule has 0 radical (unpaired) electrons. The molecule has 1 atom stereocenters. The monoisotopic (exact) mass is 538 g/mol. The van der Waals surface area contributed by atoms with Gasteiger partial charge in [0.15, 0.2) is 5.72 Å². The number of nitrogens with zero attached hydrogens (tertiary/aromatic N) is 1. The van der Waals surface area contributed by atoms with E-state index in [4.69, 9.17) is 27.9 Å². The number of rotatable bonds is 3. The highest BCUT2D eigenvalue weighted by Crippen LogP contribution is 2.57. The SMILES string of the molecule is CN1c2ccccc2C(C)(C)C12Cc1cc(NS(=O)(=O)c3cc(Cl)ccc3Cl)c3ccccc3c1O2. The van der Waals surface area contributed by atoms with Gasteiger partial charge in [-0.1, -0.05) is 65.7 Å². The Morgan fingerprint density at radius 3 is 2.39 bits per heavy atom. The summed E-state index contributed by atoms with van der Waals surface area (Å²) in [5.74, 6) is 0.780. The predicted octanol–water partition coefficient (Wildman–Crippen LogP) is 7.01. The van der Waals surface area contributed by atoms with Gasteiger partial charge in [0.1, 0.15) is 10.6 Å². The third-order valence-corrected chi connectivity index (χ3v) is 9.74. The Morgan fingerprint density at radius 2 is 1.64 bits per heavy atom. The average Bonchev–Trinajstić information content (AvgIpc) is 3.32. The van der Waals surface area contributed by atoms with E-state index in [9.17, 15) is 8.42 Å². The molecule has 1 spiro atoms. The maximum Gasteiger partial charge on any atom is 0.263 e. The van der Waals surface area contributed by atoms with E-state index in [1.165, 1.54) is 17.7 Å². The summed E-state index contributed by atoms with van der Waals surface area (Å²) in [5, 5.41) is 1.99. The van der Waals surface area contributed by atoms with E-state index in [-0.39, 0.29) is 15.3 Å². The third kappa shape index (κ3) is 3.17. The molecule has 0 aliphatic carbocycles. The van der Waals surface area contributed by atoms with E-state index < -0.39 is 15.7 Å². The number of likely N-dealkylation sites (N-methyl/N-ethyl adjacent to an activating group) is 1. The summed E-state index contributed by atoms with van der Waals surface area (Å²) in [4.78, 5) is 2.15. The number of nitrogens with one attached hydrogen (secondary N) is 1. The van der Waals surface area contributed by atoms with E-state index in [0.29, 0.717) is 17.1 Å². The number of sulfonamides is 1. The van der Waals surface area contributed by atoms with Gasteiger partial charge < -0.3 is 9.64 Å². The van der Waals surface area contributed by atoms with Gasteiger partial charge in [0.05, 0.1) is 16.1 Å². The van der Waals surface area contributed by atoms with Gasteiger partial charge >= 0.3 is 0 Å². The van der Waals surface area contributed by atoms with Crippen molar-refractivity contribution in [2.24, 2.45) is 0 Å². The second-order valence-corrected chi connectivity index (χ2v) is 12.4. The fourth-order valence-electron chi connectivity index (χ4n) is 5.74. The van der Waals surface area contributed by atoms with E-state index in [2.05, 4.69) is 48.7 Å². The van der Waals surface area contributed by atoms with Crippen LogP contribution < -0.4 is 14.4 Å². The minimum absolute atomic E-state index is 0.0684. The fourth-order valence-corrected chi connectivity index (χ4v) is 7.58. The summed E-state index contributed by atoms with van der Waals surface area (Å²) in [5.41, 5.74) is 2.81. The lowest BCUT2D eigenvalue weighted by molar-refractivity contribution is 0.0362. The molecule has 8 heteroatoms. The molecule has 4 aromatic rings. The largest absolute Gasteiger partial charge is 0.466 e. The molecule has 1 N–H and O–H groups in total. The molecular formula is C28H24Cl2N2O3S. The van der Waals surface area contributed by atoms with Gasteiger partial charge in [0.2, 0.25) is 0 Å². The van der Waals surface area contributed by atoms with Crippen molar-refractivity contribution in [1.29, 1.82) is 0 Å². The number of benzene rings is 4. The van der Waals surface area contributed by atoms with Crippen molar-refractivity contribution < 1.29 is 13.2 Å². The number of halogens is 2. The van der Waals surface area contributed by atoms with Gasteiger partial charge in [-0.05, 0) is 49.7 Å². The van der Waals surface area contributed by atoms with Crippen LogP contribution in [0.4, 0.5) is 11.4 Å². The van der Waals surface area contributed by atoms with Crippen LogP contribution in [0.15, 0.2) is 77.7 Å². The van der Waals surface area contributed by atoms with Gasteiger partial charge in [-0.3, -0.25) is 4.72 Å². The van der Waals surface area contributed by atoms with Gasteiger partial charge in [0.25, 0.3) is 10.0 Å². The molecular weight excluding hydrogens is 515 g/mol. The molecule has 2 aliphatic rings. The molecule has 0 saturated heterocycles. The summed E-state index contributed by atoms with van der Waals surface area (Å²) in [7, 11) is -1.94. The fraction of sp³-hybridized carbons (Fsp3) is 0.214. The van der Waals surface area contributed by atoms with E-state index >= 15 is 0 Å². The standard InChI is InChI=1S/C28H24Cl2N2O3S/c1-27(2)21-10-6-7-11-24(21)32(3)28(27)16-17-14-23(19-8-4-5-9-20(19)26(17)35-28)31-36(33,34)25-15-18(29)12-13-22(25)30/h4-15,31H,16H2,1-3H3. The molecule has 0 bridgehead atoms. The number of fused-ring (bicyclic) bond motifs is 4. The Morgan fingerprint density at radius 1 is 0.944 bits per heavy atom. The number of hydrogen-bond acceptors (Lipinski definition) is 4. The normalized spacial score (nSPS) is 19.9. The van der Waals surface area contributed by atoms with Crippen LogP contribution in [0.2, 0.25) is 10.0 Å². The van der Waals surface area contributed by atoms with Crippen LogP contribution in [0, 0.1) is 0 Å². The van der Waals surface area contributed by atoms with Gasteiger partial charge in [-0.2, -0.15) is 0 Å². The Labute approximate surface area is 220 Å². The molecule has 184 valence electrons. The summed E-state index contributed by atoms with van der Waals surface area (Å²) < 4.78 is 36.4. The lowest BCUT2D eigenvalue weighted by Crippen LogP contribution is -2.58. The Hall–Kier alpha value is -2.93. The Balaban J connectivity index is 1.49. The van der Waals surface area contributed by atoms with Crippen molar-refractivity contribution in [2.75, 3.05) is 16.7 Å². The molecule has 0 fully saturated rings. The highest BCUT2D eigenvalue weighted by molar-refractivity contribution is 7.92. The van der Waals surface area contributed by atoms with Crippen molar-refractivity contribution in [3.63, 3.8) is 0 Å². The minimum atomic E-state index is -4.00. The summed E-state index contributed by atoms with van der Waals surface area (Å²) in [6.45, 7) is 4.41. The summed E-state index contributed by atoms with van der Waals surface area (Å²) in [6, 6.07) is 22.3. The van der Waals surface area contributed by atoms with Crippen LogP contribution >= 0.6 is 23.2 Å². The molecule has 6 rings (SSSR count).